The molecule has 0 radical (unpaired) electrons. The van der Waals surface area contributed by atoms with Crippen LogP contribution in [0, 0.1) is 11.7 Å². The lowest BCUT2D eigenvalue weighted by atomic mass is 10.0. The second kappa shape index (κ2) is 6.67. The van der Waals surface area contributed by atoms with E-state index in [2.05, 4.69) is 28.2 Å². The van der Waals surface area contributed by atoms with Crippen LogP contribution < -0.4 is 5.32 Å². The summed E-state index contributed by atoms with van der Waals surface area (Å²) in [5.41, 5.74) is 1.08. The molecule has 1 aliphatic rings. The summed E-state index contributed by atoms with van der Waals surface area (Å²) < 4.78 is 14.2. The molecule has 0 aliphatic heterocycles. The van der Waals surface area contributed by atoms with Crippen molar-refractivity contribution < 1.29 is 4.39 Å². The van der Waals surface area contributed by atoms with Gasteiger partial charge >= 0.3 is 0 Å². The van der Waals surface area contributed by atoms with E-state index in [9.17, 15) is 4.39 Å². The summed E-state index contributed by atoms with van der Waals surface area (Å²) in [7, 11) is 0. The van der Waals surface area contributed by atoms with Gasteiger partial charge in [-0.15, -0.1) is 0 Å². The lowest BCUT2D eigenvalue weighted by Crippen LogP contribution is -2.32. The molecule has 0 spiro atoms. The highest BCUT2D eigenvalue weighted by molar-refractivity contribution is 9.10. The maximum Gasteiger partial charge on any atom is 0.124 e. The number of nitrogens with one attached hydrogen (secondary N) is 1. The minimum absolute atomic E-state index is 0.153. The first-order valence-electron chi connectivity index (χ1n) is 6.85. The van der Waals surface area contributed by atoms with Crippen molar-refractivity contribution >= 4 is 15.9 Å². The predicted molar refractivity (Wildman–Crippen MR) is 77.2 cm³/mol. The molecule has 18 heavy (non-hydrogen) atoms. The van der Waals surface area contributed by atoms with Crippen molar-refractivity contribution in [2.45, 2.75) is 45.1 Å². The molecule has 1 atom stereocenters. The molecule has 0 saturated heterocycles. The van der Waals surface area contributed by atoms with Crippen molar-refractivity contribution in [3.8, 4) is 0 Å². The van der Waals surface area contributed by atoms with E-state index in [0.717, 1.165) is 35.3 Å². The molecule has 0 heterocycles. The Kier molecular flexibility index (Phi) is 5.19. The molecule has 3 heteroatoms. The Morgan fingerprint density at radius 3 is 2.78 bits per heavy atom. The quantitative estimate of drug-likeness (QED) is 0.791. The highest BCUT2D eigenvalue weighted by atomic mass is 79.9. The highest BCUT2D eigenvalue weighted by Crippen LogP contribution is 2.34. The highest BCUT2D eigenvalue weighted by Gasteiger charge is 2.25. The molecule has 0 amide bonds. The van der Waals surface area contributed by atoms with Crippen molar-refractivity contribution in [3.63, 3.8) is 0 Å². The lowest BCUT2D eigenvalue weighted by molar-refractivity contribution is 0.454. The summed E-state index contributed by atoms with van der Waals surface area (Å²) in [6.07, 6.45) is 6.04. The molecule has 1 aromatic carbocycles. The predicted octanol–water partition coefficient (Wildman–Crippen LogP) is 4.30. The summed E-state index contributed by atoms with van der Waals surface area (Å²) in [6, 6.07) is 5.68. The van der Waals surface area contributed by atoms with Gasteiger partial charge in [-0.1, -0.05) is 35.7 Å². The minimum Gasteiger partial charge on any atom is -0.314 e. The number of rotatable bonds is 7. The van der Waals surface area contributed by atoms with E-state index in [0.29, 0.717) is 6.04 Å². The van der Waals surface area contributed by atoms with Crippen LogP contribution in [0.15, 0.2) is 22.7 Å². The van der Waals surface area contributed by atoms with Crippen molar-refractivity contribution in [2.24, 2.45) is 5.92 Å². The first-order chi connectivity index (χ1) is 8.67. The third kappa shape index (κ3) is 4.69. The standard InChI is InChI=1S/C15H21BrFN/c1-2-5-18-15(8-11-3-4-11)9-12-6-13(16)10-14(17)7-12/h6-7,10-11,15,18H,2-5,8-9H2,1H3. The molecule has 0 aromatic heterocycles. The normalized spacial score (nSPS) is 16.8. The van der Waals surface area contributed by atoms with Gasteiger partial charge in [-0.25, -0.2) is 4.39 Å². The number of hydrogen-bond acceptors (Lipinski definition) is 1. The topological polar surface area (TPSA) is 12.0 Å². The Hall–Kier alpha value is -0.410. The molecule has 1 saturated carbocycles. The van der Waals surface area contributed by atoms with Gasteiger partial charge in [-0.05, 0) is 55.5 Å². The van der Waals surface area contributed by atoms with Crippen molar-refractivity contribution in [3.05, 3.63) is 34.1 Å². The largest absolute Gasteiger partial charge is 0.314 e. The van der Waals surface area contributed by atoms with Crippen LogP contribution in [0.1, 0.15) is 38.2 Å². The summed E-state index contributed by atoms with van der Waals surface area (Å²) in [6.45, 7) is 3.23. The van der Waals surface area contributed by atoms with Gasteiger partial charge in [-0.3, -0.25) is 0 Å². The molecule has 2 rings (SSSR count). The van der Waals surface area contributed by atoms with Gasteiger partial charge in [0, 0.05) is 10.5 Å². The molecular weight excluding hydrogens is 293 g/mol. The Morgan fingerprint density at radius 1 is 1.39 bits per heavy atom. The smallest absolute Gasteiger partial charge is 0.124 e. The zero-order valence-corrected chi connectivity index (χ0v) is 12.5. The SMILES string of the molecule is CCCNC(Cc1cc(F)cc(Br)c1)CC1CC1. The zero-order valence-electron chi connectivity index (χ0n) is 10.9. The van der Waals surface area contributed by atoms with Crippen LogP contribution in [0.2, 0.25) is 0 Å². The van der Waals surface area contributed by atoms with Gasteiger partial charge in [0.15, 0.2) is 0 Å². The molecule has 1 aromatic rings. The van der Waals surface area contributed by atoms with Gasteiger partial charge in [0.05, 0.1) is 0 Å². The van der Waals surface area contributed by atoms with Crippen LogP contribution in [0.25, 0.3) is 0 Å². The lowest BCUT2D eigenvalue weighted by Gasteiger charge is -2.18. The maximum absolute atomic E-state index is 13.4. The molecule has 1 aliphatic carbocycles. The molecule has 1 nitrogen and oxygen atoms in total. The summed E-state index contributed by atoms with van der Waals surface area (Å²) >= 11 is 3.36. The average Bonchev–Trinajstić information content (AvgIpc) is 3.08. The van der Waals surface area contributed by atoms with Crippen LogP contribution >= 0.6 is 15.9 Å². The van der Waals surface area contributed by atoms with E-state index >= 15 is 0 Å². The second-order valence-electron chi connectivity index (χ2n) is 5.31. The van der Waals surface area contributed by atoms with Crippen LogP contribution in [0.5, 0.6) is 0 Å². The minimum atomic E-state index is -0.153. The summed E-state index contributed by atoms with van der Waals surface area (Å²) in [5.74, 6) is 0.747. The second-order valence-corrected chi connectivity index (χ2v) is 6.23. The van der Waals surface area contributed by atoms with Crippen LogP contribution in [0.4, 0.5) is 4.39 Å². The van der Waals surface area contributed by atoms with Crippen molar-refractivity contribution in [2.75, 3.05) is 6.54 Å². The number of benzene rings is 1. The van der Waals surface area contributed by atoms with Gasteiger partial charge in [-0.2, -0.15) is 0 Å². The monoisotopic (exact) mass is 313 g/mol. The third-order valence-corrected chi connectivity index (χ3v) is 3.86. The average molecular weight is 314 g/mol. The maximum atomic E-state index is 13.4. The van der Waals surface area contributed by atoms with E-state index in [1.165, 1.54) is 25.3 Å². The van der Waals surface area contributed by atoms with Gasteiger partial charge in [0.25, 0.3) is 0 Å². The van der Waals surface area contributed by atoms with Crippen molar-refractivity contribution in [1.82, 2.24) is 5.32 Å². The van der Waals surface area contributed by atoms with Gasteiger partial charge in [0.2, 0.25) is 0 Å². The van der Waals surface area contributed by atoms with Crippen LogP contribution in [0.3, 0.4) is 0 Å². The summed E-state index contributed by atoms with van der Waals surface area (Å²) in [5, 5.41) is 3.59. The van der Waals surface area contributed by atoms with E-state index in [1.807, 2.05) is 6.07 Å². The Morgan fingerprint density at radius 2 is 2.17 bits per heavy atom. The van der Waals surface area contributed by atoms with Crippen LogP contribution in [-0.4, -0.2) is 12.6 Å². The fraction of sp³-hybridized carbons (Fsp3) is 0.600. The first kappa shape index (κ1) is 14.0. The molecule has 0 bridgehead atoms. The van der Waals surface area contributed by atoms with E-state index in [-0.39, 0.29) is 5.82 Å². The van der Waals surface area contributed by atoms with E-state index in [4.69, 9.17) is 0 Å². The third-order valence-electron chi connectivity index (χ3n) is 3.40. The summed E-state index contributed by atoms with van der Waals surface area (Å²) in [4.78, 5) is 0. The molecule has 1 unspecified atom stereocenters. The van der Waals surface area contributed by atoms with Gasteiger partial charge < -0.3 is 5.32 Å². The first-order valence-corrected chi connectivity index (χ1v) is 7.65. The molecule has 100 valence electrons. The fourth-order valence-corrected chi connectivity index (χ4v) is 2.87. The van der Waals surface area contributed by atoms with E-state index < -0.39 is 0 Å². The Balaban J connectivity index is 1.96. The Labute approximate surface area is 117 Å². The molecular formula is C15H21BrFN. The molecule has 1 fully saturated rings. The van der Waals surface area contributed by atoms with Crippen molar-refractivity contribution in [1.29, 1.82) is 0 Å². The number of hydrogen-bond donors (Lipinski definition) is 1. The van der Waals surface area contributed by atoms with E-state index in [1.54, 1.807) is 6.07 Å². The zero-order chi connectivity index (χ0) is 13.0. The van der Waals surface area contributed by atoms with Gasteiger partial charge in [0.1, 0.15) is 5.82 Å². The number of halogens is 2. The fourth-order valence-electron chi connectivity index (χ4n) is 2.36. The molecule has 1 N–H and O–H groups in total. The Bertz CT molecular complexity index is 370. The van der Waals surface area contributed by atoms with Crippen LogP contribution in [-0.2, 0) is 6.42 Å².